The summed E-state index contributed by atoms with van der Waals surface area (Å²) in [7, 11) is 1.67. The predicted octanol–water partition coefficient (Wildman–Crippen LogP) is 4.14. The minimum absolute atomic E-state index is 0.126. The largest absolute Gasteiger partial charge is 0.497 e. The van der Waals surface area contributed by atoms with E-state index in [0.29, 0.717) is 5.75 Å². The summed E-state index contributed by atoms with van der Waals surface area (Å²) in [5.74, 6) is 1.35. The van der Waals surface area contributed by atoms with Gasteiger partial charge in [0.1, 0.15) is 5.75 Å². The second-order valence-electron chi connectivity index (χ2n) is 6.56. The van der Waals surface area contributed by atoms with Crippen molar-refractivity contribution >= 4 is 34.4 Å². The molecule has 0 radical (unpaired) electrons. The van der Waals surface area contributed by atoms with E-state index in [1.807, 2.05) is 41.3 Å². The number of aryl methyl sites for hydroxylation is 2. The summed E-state index contributed by atoms with van der Waals surface area (Å²) in [6, 6.07) is 14.1. The number of methoxy groups -OCH3 is 1. The normalized spacial score (nSPS) is 13.6. The molecule has 0 aliphatic carbocycles. The fourth-order valence-corrected chi connectivity index (χ4v) is 4.59. The molecule has 1 aliphatic rings. The molecule has 6 heteroatoms. The summed E-state index contributed by atoms with van der Waals surface area (Å²) in [6.45, 7) is 3.71. The van der Waals surface area contributed by atoms with Crippen molar-refractivity contribution in [2.24, 2.45) is 0 Å². The Hall–Kier alpha value is -2.47. The topological polar surface area (TPSA) is 47.4 Å². The van der Waals surface area contributed by atoms with Crippen LogP contribution in [0.2, 0.25) is 0 Å². The molecule has 1 aliphatic heterocycles. The Morgan fingerprint density at radius 3 is 2.93 bits per heavy atom. The second-order valence-corrected chi connectivity index (χ2v) is 7.50. The fourth-order valence-electron chi connectivity index (χ4n) is 3.63. The number of imidazole rings is 1. The molecule has 27 heavy (non-hydrogen) atoms. The summed E-state index contributed by atoms with van der Waals surface area (Å²) in [6.07, 6.45) is 1.96. The Morgan fingerprint density at radius 1 is 1.26 bits per heavy atom. The van der Waals surface area contributed by atoms with Crippen LogP contribution in [0.1, 0.15) is 18.9 Å². The van der Waals surface area contributed by atoms with Gasteiger partial charge in [0.25, 0.3) is 0 Å². The third-order valence-electron chi connectivity index (χ3n) is 4.97. The standard InChI is InChI=1S/C21H23N3O2S/c1-3-23-19-9-5-4-8-17(19)22-21(23)27-14-20(25)24-12-6-7-15-13-16(26-2)10-11-18(15)24/h4-5,8-11,13H,3,6-7,12,14H2,1-2H3. The number of hydrogen-bond acceptors (Lipinski definition) is 4. The Balaban J connectivity index is 1.53. The molecule has 1 amide bonds. The van der Waals surface area contributed by atoms with Crippen LogP contribution in [0.4, 0.5) is 5.69 Å². The number of carbonyl (C=O) groups excluding carboxylic acids is 1. The molecule has 0 bridgehead atoms. The van der Waals surface area contributed by atoms with Gasteiger partial charge in [0, 0.05) is 18.8 Å². The predicted molar refractivity (Wildman–Crippen MR) is 110 cm³/mol. The molecule has 1 aromatic heterocycles. The highest BCUT2D eigenvalue weighted by molar-refractivity contribution is 7.99. The molecule has 0 saturated carbocycles. The lowest BCUT2D eigenvalue weighted by Crippen LogP contribution is -2.36. The lowest BCUT2D eigenvalue weighted by molar-refractivity contribution is -0.116. The molecule has 0 fully saturated rings. The van der Waals surface area contributed by atoms with E-state index in [1.165, 1.54) is 17.3 Å². The highest BCUT2D eigenvalue weighted by Crippen LogP contribution is 2.32. The maximum Gasteiger partial charge on any atom is 0.237 e. The van der Waals surface area contributed by atoms with Crippen molar-refractivity contribution in [3.8, 4) is 5.75 Å². The Labute approximate surface area is 163 Å². The van der Waals surface area contributed by atoms with Crippen molar-refractivity contribution in [1.82, 2.24) is 9.55 Å². The van der Waals surface area contributed by atoms with Crippen LogP contribution < -0.4 is 9.64 Å². The third-order valence-corrected chi connectivity index (χ3v) is 5.93. The summed E-state index contributed by atoms with van der Waals surface area (Å²) in [4.78, 5) is 19.6. The minimum Gasteiger partial charge on any atom is -0.497 e. The summed E-state index contributed by atoms with van der Waals surface area (Å²) in [5.41, 5.74) is 4.28. The molecule has 0 unspecified atom stereocenters. The van der Waals surface area contributed by atoms with Crippen molar-refractivity contribution in [3.63, 3.8) is 0 Å². The first-order valence-corrected chi connectivity index (χ1v) is 10.2. The van der Waals surface area contributed by atoms with Gasteiger partial charge in [0.15, 0.2) is 5.16 Å². The van der Waals surface area contributed by atoms with E-state index in [-0.39, 0.29) is 5.91 Å². The van der Waals surface area contributed by atoms with Crippen LogP contribution in [-0.2, 0) is 17.8 Å². The molecule has 0 spiro atoms. The second kappa shape index (κ2) is 7.64. The van der Waals surface area contributed by atoms with Gasteiger partial charge < -0.3 is 14.2 Å². The number of rotatable bonds is 5. The van der Waals surface area contributed by atoms with Gasteiger partial charge in [-0.15, -0.1) is 0 Å². The number of aromatic nitrogens is 2. The zero-order valence-electron chi connectivity index (χ0n) is 15.6. The van der Waals surface area contributed by atoms with E-state index in [9.17, 15) is 4.79 Å². The first-order chi connectivity index (χ1) is 13.2. The number of carbonyl (C=O) groups is 1. The van der Waals surface area contributed by atoms with Crippen molar-refractivity contribution < 1.29 is 9.53 Å². The lowest BCUT2D eigenvalue weighted by Gasteiger charge is -2.29. The molecule has 0 atom stereocenters. The number of benzene rings is 2. The zero-order valence-corrected chi connectivity index (χ0v) is 16.5. The monoisotopic (exact) mass is 381 g/mol. The summed E-state index contributed by atoms with van der Waals surface area (Å²) >= 11 is 1.52. The molecule has 5 nitrogen and oxygen atoms in total. The molecule has 140 valence electrons. The highest BCUT2D eigenvalue weighted by Gasteiger charge is 2.23. The maximum atomic E-state index is 12.9. The summed E-state index contributed by atoms with van der Waals surface area (Å²) in [5, 5.41) is 0.902. The van der Waals surface area contributed by atoms with Crippen LogP contribution in [-0.4, -0.2) is 34.9 Å². The number of para-hydroxylation sites is 2. The quantitative estimate of drug-likeness (QED) is 0.623. The van der Waals surface area contributed by atoms with Crippen LogP contribution in [0.5, 0.6) is 5.75 Å². The number of thioether (sulfide) groups is 1. The van der Waals surface area contributed by atoms with Gasteiger partial charge in [-0.3, -0.25) is 4.79 Å². The van der Waals surface area contributed by atoms with E-state index in [1.54, 1.807) is 7.11 Å². The average Bonchev–Trinajstić information content (AvgIpc) is 3.08. The van der Waals surface area contributed by atoms with Gasteiger partial charge in [-0.1, -0.05) is 23.9 Å². The van der Waals surface area contributed by atoms with Gasteiger partial charge in [-0.2, -0.15) is 0 Å². The smallest absolute Gasteiger partial charge is 0.237 e. The van der Waals surface area contributed by atoms with Crippen molar-refractivity contribution in [3.05, 3.63) is 48.0 Å². The van der Waals surface area contributed by atoms with Crippen LogP contribution in [0, 0.1) is 0 Å². The molecular formula is C21H23N3O2S. The van der Waals surface area contributed by atoms with E-state index in [2.05, 4.69) is 17.6 Å². The van der Waals surface area contributed by atoms with E-state index in [0.717, 1.165) is 53.6 Å². The zero-order chi connectivity index (χ0) is 18.8. The van der Waals surface area contributed by atoms with Gasteiger partial charge in [0.05, 0.1) is 23.9 Å². The number of anilines is 1. The number of fused-ring (bicyclic) bond motifs is 2. The lowest BCUT2D eigenvalue weighted by atomic mass is 10.0. The van der Waals surface area contributed by atoms with Gasteiger partial charge in [-0.25, -0.2) is 4.98 Å². The maximum absolute atomic E-state index is 12.9. The van der Waals surface area contributed by atoms with Crippen LogP contribution in [0.25, 0.3) is 11.0 Å². The first kappa shape index (κ1) is 17.9. The van der Waals surface area contributed by atoms with Crippen molar-refractivity contribution in [2.75, 3.05) is 24.3 Å². The molecule has 2 heterocycles. The molecular weight excluding hydrogens is 358 g/mol. The first-order valence-electron chi connectivity index (χ1n) is 9.26. The van der Waals surface area contributed by atoms with Crippen LogP contribution in [0.15, 0.2) is 47.6 Å². The Morgan fingerprint density at radius 2 is 2.11 bits per heavy atom. The Kier molecular flexibility index (Phi) is 5.07. The highest BCUT2D eigenvalue weighted by atomic mass is 32.2. The average molecular weight is 382 g/mol. The molecule has 2 aromatic carbocycles. The molecule has 3 aromatic rings. The summed E-state index contributed by atoms with van der Waals surface area (Å²) < 4.78 is 7.49. The molecule has 0 saturated heterocycles. The minimum atomic E-state index is 0.126. The number of hydrogen-bond donors (Lipinski definition) is 0. The number of ether oxygens (including phenoxy) is 1. The molecule has 4 rings (SSSR count). The molecule has 0 N–H and O–H groups in total. The fraction of sp³-hybridized carbons (Fsp3) is 0.333. The third kappa shape index (κ3) is 3.41. The number of nitrogens with zero attached hydrogens (tertiary/aromatic N) is 3. The van der Waals surface area contributed by atoms with E-state index in [4.69, 9.17) is 9.72 Å². The van der Waals surface area contributed by atoms with Crippen LogP contribution in [0.3, 0.4) is 0 Å². The number of amides is 1. The van der Waals surface area contributed by atoms with Gasteiger partial charge in [0.2, 0.25) is 5.91 Å². The van der Waals surface area contributed by atoms with E-state index < -0.39 is 0 Å². The van der Waals surface area contributed by atoms with Crippen molar-refractivity contribution in [2.45, 2.75) is 31.5 Å². The van der Waals surface area contributed by atoms with Gasteiger partial charge in [-0.05, 0) is 55.7 Å². The van der Waals surface area contributed by atoms with Gasteiger partial charge >= 0.3 is 0 Å². The van der Waals surface area contributed by atoms with E-state index >= 15 is 0 Å². The SMILES string of the molecule is CCn1c(SCC(=O)N2CCCc3cc(OC)ccc32)nc2ccccc21. The van der Waals surface area contributed by atoms with Crippen molar-refractivity contribution in [1.29, 1.82) is 0 Å². The van der Waals surface area contributed by atoms with Crippen LogP contribution >= 0.6 is 11.8 Å². The Bertz CT molecular complexity index is 983.